The van der Waals surface area contributed by atoms with E-state index in [0.29, 0.717) is 16.1 Å². The highest BCUT2D eigenvalue weighted by Gasteiger charge is 2.38. The lowest BCUT2D eigenvalue weighted by molar-refractivity contribution is -0.146. The molecule has 3 aromatic rings. The van der Waals surface area contributed by atoms with E-state index in [1.165, 1.54) is 0 Å². The first-order valence-corrected chi connectivity index (χ1v) is 9.17. The highest BCUT2D eigenvalue weighted by molar-refractivity contribution is 5.99. The van der Waals surface area contributed by atoms with Gasteiger partial charge in [0.15, 0.2) is 11.6 Å². The number of carbonyl (C=O) groups is 2. The smallest absolute Gasteiger partial charge is 0.368 e. The third kappa shape index (κ3) is 5.02. The molecule has 1 unspecified atom stereocenters. The molecule has 2 heterocycles. The SMILES string of the molecule is CN(c1nc(Nc2ccc3cccnc3c2)c(C(N)=O)cc1F)C(CC(F)(F)F)C(N)=O. The minimum absolute atomic E-state index is 0.216. The van der Waals surface area contributed by atoms with Gasteiger partial charge in [0.25, 0.3) is 5.91 Å². The number of nitrogens with zero attached hydrogens (tertiary/aromatic N) is 3. The highest BCUT2D eigenvalue weighted by Crippen LogP contribution is 2.30. The molecule has 1 aromatic carbocycles. The van der Waals surface area contributed by atoms with Crippen LogP contribution in [0.1, 0.15) is 16.8 Å². The Kier molecular flexibility index (Phi) is 6.14. The number of anilines is 3. The van der Waals surface area contributed by atoms with E-state index in [0.717, 1.165) is 18.5 Å². The van der Waals surface area contributed by atoms with E-state index < -0.39 is 42.1 Å². The Bertz CT molecular complexity index is 1180. The van der Waals surface area contributed by atoms with Crippen molar-refractivity contribution in [2.75, 3.05) is 17.3 Å². The second kappa shape index (κ2) is 8.65. The number of carbonyl (C=O) groups excluding carboxylic acids is 2. The molecule has 168 valence electrons. The molecule has 0 radical (unpaired) electrons. The van der Waals surface area contributed by atoms with Crippen molar-refractivity contribution in [2.24, 2.45) is 11.5 Å². The highest BCUT2D eigenvalue weighted by atomic mass is 19.4. The summed E-state index contributed by atoms with van der Waals surface area (Å²) >= 11 is 0. The fraction of sp³-hybridized carbons (Fsp3) is 0.200. The van der Waals surface area contributed by atoms with E-state index in [1.54, 1.807) is 30.5 Å². The van der Waals surface area contributed by atoms with Gasteiger partial charge in [0.1, 0.15) is 11.9 Å². The molecule has 5 N–H and O–H groups in total. The molecule has 0 spiro atoms. The van der Waals surface area contributed by atoms with Crippen molar-refractivity contribution in [2.45, 2.75) is 18.6 Å². The topological polar surface area (TPSA) is 127 Å². The summed E-state index contributed by atoms with van der Waals surface area (Å²) in [5.74, 6) is -4.33. The summed E-state index contributed by atoms with van der Waals surface area (Å²) in [5.41, 5.74) is 11.1. The number of rotatable bonds is 7. The number of nitrogens with one attached hydrogen (secondary N) is 1. The van der Waals surface area contributed by atoms with Gasteiger partial charge in [-0.2, -0.15) is 13.2 Å². The van der Waals surface area contributed by atoms with Gasteiger partial charge in [-0.05, 0) is 24.3 Å². The van der Waals surface area contributed by atoms with Crippen molar-refractivity contribution in [3.05, 3.63) is 54.0 Å². The Balaban J connectivity index is 2.04. The van der Waals surface area contributed by atoms with Crippen LogP contribution in [-0.2, 0) is 4.79 Å². The summed E-state index contributed by atoms with van der Waals surface area (Å²) in [4.78, 5) is 32.2. The molecule has 8 nitrogen and oxygen atoms in total. The Labute approximate surface area is 179 Å². The normalized spacial score (nSPS) is 12.4. The number of likely N-dealkylation sites (N-methyl/N-ethyl adjacent to an activating group) is 1. The summed E-state index contributed by atoms with van der Waals surface area (Å²) < 4.78 is 53.3. The van der Waals surface area contributed by atoms with Gasteiger partial charge in [0.05, 0.1) is 17.5 Å². The van der Waals surface area contributed by atoms with Crippen LogP contribution in [0.25, 0.3) is 10.9 Å². The van der Waals surface area contributed by atoms with Crippen LogP contribution in [0.4, 0.5) is 34.9 Å². The van der Waals surface area contributed by atoms with Crippen molar-refractivity contribution >= 4 is 40.0 Å². The molecule has 2 amide bonds. The first-order chi connectivity index (χ1) is 15.0. The monoisotopic (exact) mass is 450 g/mol. The van der Waals surface area contributed by atoms with Gasteiger partial charge in [0, 0.05) is 24.3 Å². The zero-order chi connectivity index (χ0) is 23.6. The molecule has 32 heavy (non-hydrogen) atoms. The fourth-order valence-electron chi connectivity index (χ4n) is 3.09. The molecular weight excluding hydrogens is 432 g/mol. The predicted octanol–water partition coefficient (Wildman–Crippen LogP) is 2.85. The quantitative estimate of drug-likeness (QED) is 0.475. The Morgan fingerprint density at radius 2 is 1.91 bits per heavy atom. The second-order valence-corrected chi connectivity index (χ2v) is 6.94. The molecule has 0 aliphatic rings. The van der Waals surface area contributed by atoms with Gasteiger partial charge >= 0.3 is 6.18 Å². The first-order valence-electron chi connectivity index (χ1n) is 9.17. The van der Waals surface area contributed by atoms with Crippen LogP contribution in [0.2, 0.25) is 0 Å². The summed E-state index contributed by atoms with van der Waals surface area (Å²) in [6.45, 7) is 0. The largest absolute Gasteiger partial charge is 0.391 e. The molecule has 0 aliphatic carbocycles. The maximum absolute atomic E-state index is 14.7. The molecule has 0 saturated carbocycles. The lowest BCUT2D eigenvalue weighted by Crippen LogP contribution is -2.46. The number of primary amides is 2. The third-order valence-corrected chi connectivity index (χ3v) is 4.65. The number of benzene rings is 1. The van der Waals surface area contributed by atoms with Gasteiger partial charge in [-0.15, -0.1) is 0 Å². The van der Waals surface area contributed by atoms with E-state index in [2.05, 4.69) is 15.3 Å². The van der Waals surface area contributed by atoms with Crippen LogP contribution < -0.4 is 21.7 Å². The van der Waals surface area contributed by atoms with Crippen molar-refractivity contribution < 1.29 is 27.2 Å². The van der Waals surface area contributed by atoms with Crippen LogP contribution in [0.5, 0.6) is 0 Å². The van der Waals surface area contributed by atoms with E-state index in [9.17, 15) is 27.2 Å². The average Bonchev–Trinajstić information content (AvgIpc) is 2.71. The standard InChI is InChI=1S/C20H18F4N6O2/c1-30(15(17(26)32)9-20(22,23)24)19-13(21)8-12(16(25)31)18(29-19)28-11-5-4-10-3-2-6-27-14(10)7-11/h2-8,15H,9H2,1H3,(H2,25,31)(H2,26,32)(H,28,29). The minimum atomic E-state index is -4.74. The molecule has 3 rings (SSSR count). The Morgan fingerprint density at radius 3 is 2.53 bits per heavy atom. The average molecular weight is 450 g/mol. The number of hydrogen-bond acceptors (Lipinski definition) is 6. The zero-order valence-electron chi connectivity index (χ0n) is 16.7. The number of fused-ring (bicyclic) bond motifs is 1. The molecule has 0 saturated heterocycles. The van der Waals surface area contributed by atoms with Crippen LogP contribution in [0.15, 0.2) is 42.6 Å². The number of hydrogen-bond donors (Lipinski definition) is 3. The number of amides is 2. The van der Waals surface area contributed by atoms with Crippen molar-refractivity contribution in [1.29, 1.82) is 0 Å². The van der Waals surface area contributed by atoms with E-state index in [-0.39, 0.29) is 11.4 Å². The number of halogens is 4. The van der Waals surface area contributed by atoms with Crippen LogP contribution in [0.3, 0.4) is 0 Å². The maximum atomic E-state index is 14.7. The van der Waals surface area contributed by atoms with E-state index >= 15 is 0 Å². The van der Waals surface area contributed by atoms with Crippen LogP contribution in [-0.4, -0.2) is 41.0 Å². The van der Waals surface area contributed by atoms with Crippen molar-refractivity contribution in [1.82, 2.24) is 9.97 Å². The van der Waals surface area contributed by atoms with Gasteiger partial charge in [-0.1, -0.05) is 12.1 Å². The molecule has 12 heteroatoms. The lowest BCUT2D eigenvalue weighted by atomic mass is 10.1. The second-order valence-electron chi connectivity index (χ2n) is 6.94. The van der Waals surface area contributed by atoms with Crippen molar-refractivity contribution in [3.8, 4) is 0 Å². The predicted molar refractivity (Wildman–Crippen MR) is 110 cm³/mol. The number of aromatic nitrogens is 2. The number of pyridine rings is 2. The van der Waals surface area contributed by atoms with Crippen molar-refractivity contribution in [3.63, 3.8) is 0 Å². The van der Waals surface area contributed by atoms with Gasteiger partial charge < -0.3 is 21.7 Å². The first kappa shape index (κ1) is 22.7. The minimum Gasteiger partial charge on any atom is -0.368 e. The molecular formula is C20H18F4N6O2. The van der Waals surface area contributed by atoms with E-state index in [4.69, 9.17) is 11.5 Å². The molecule has 0 aliphatic heterocycles. The van der Waals surface area contributed by atoms with Gasteiger partial charge in [-0.25, -0.2) is 9.37 Å². The lowest BCUT2D eigenvalue weighted by Gasteiger charge is -2.28. The molecule has 1 atom stereocenters. The number of nitrogens with two attached hydrogens (primary N) is 2. The molecule has 0 bridgehead atoms. The molecule has 2 aromatic heterocycles. The van der Waals surface area contributed by atoms with Gasteiger partial charge in [-0.3, -0.25) is 14.6 Å². The maximum Gasteiger partial charge on any atom is 0.391 e. The van der Waals surface area contributed by atoms with Gasteiger partial charge in [0.2, 0.25) is 5.91 Å². The zero-order valence-corrected chi connectivity index (χ0v) is 16.7. The van der Waals surface area contributed by atoms with E-state index in [1.807, 2.05) is 6.07 Å². The van der Waals surface area contributed by atoms with Crippen LogP contribution >= 0.6 is 0 Å². The Morgan fingerprint density at radius 1 is 1.19 bits per heavy atom. The van der Waals surface area contributed by atoms with Crippen LogP contribution in [0, 0.1) is 5.82 Å². The summed E-state index contributed by atoms with van der Waals surface area (Å²) in [6, 6.07) is 7.39. The summed E-state index contributed by atoms with van der Waals surface area (Å²) in [6.07, 6.45) is -4.78. The number of alkyl halides is 3. The summed E-state index contributed by atoms with van der Waals surface area (Å²) in [5, 5.41) is 3.63. The molecule has 0 fully saturated rings. The third-order valence-electron chi connectivity index (χ3n) is 4.65. The summed E-state index contributed by atoms with van der Waals surface area (Å²) in [7, 11) is 1.04. The fourth-order valence-corrected chi connectivity index (χ4v) is 3.09. The Hall–Kier alpha value is -3.96.